The first kappa shape index (κ1) is 9.36. The minimum atomic E-state index is -1.48. The van der Waals surface area contributed by atoms with Crippen molar-refractivity contribution >= 4 is 18.3 Å². The van der Waals surface area contributed by atoms with Gasteiger partial charge in [-0.1, -0.05) is 12.1 Å². The molecule has 0 radical (unpaired) electrons. The summed E-state index contributed by atoms with van der Waals surface area (Å²) in [5.41, 5.74) is 1.33. The van der Waals surface area contributed by atoms with Crippen LogP contribution in [0.25, 0.3) is 0 Å². The SMILES string of the molecule is CN1CCOc2c(B(O)O)cccc21. The Morgan fingerprint density at radius 2 is 2.21 bits per heavy atom. The van der Waals surface area contributed by atoms with E-state index in [4.69, 9.17) is 14.8 Å². The zero-order valence-electron chi connectivity index (χ0n) is 7.97. The Labute approximate surface area is 82.9 Å². The van der Waals surface area contributed by atoms with E-state index in [1.54, 1.807) is 12.1 Å². The lowest BCUT2D eigenvalue weighted by atomic mass is 9.79. The summed E-state index contributed by atoms with van der Waals surface area (Å²) in [4.78, 5) is 2.03. The monoisotopic (exact) mass is 193 g/mol. The molecule has 1 aliphatic rings. The van der Waals surface area contributed by atoms with Crippen molar-refractivity contribution in [2.45, 2.75) is 0 Å². The summed E-state index contributed by atoms with van der Waals surface area (Å²) in [5.74, 6) is 0.580. The lowest BCUT2D eigenvalue weighted by molar-refractivity contribution is 0.312. The van der Waals surface area contributed by atoms with E-state index < -0.39 is 7.12 Å². The molecule has 1 aromatic carbocycles. The molecule has 74 valence electrons. The predicted octanol–water partition coefficient (Wildman–Crippen LogP) is -0.805. The molecule has 0 saturated heterocycles. The van der Waals surface area contributed by atoms with Crippen LogP contribution in [0.4, 0.5) is 5.69 Å². The van der Waals surface area contributed by atoms with Gasteiger partial charge in [-0.05, 0) is 6.07 Å². The summed E-state index contributed by atoms with van der Waals surface area (Å²) in [6, 6.07) is 5.35. The minimum Gasteiger partial charge on any atom is -0.490 e. The molecule has 1 aliphatic heterocycles. The zero-order valence-corrected chi connectivity index (χ0v) is 7.97. The Morgan fingerprint density at radius 3 is 2.93 bits per heavy atom. The molecule has 0 spiro atoms. The van der Waals surface area contributed by atoms with Gasteiger partial charge < -0.3 is 19.7 Å². The van der Waals surface area contributed by atoms with Crippen LogP contribution in [0.2, 0.25) is 0 Å². The molecule has 1 heterocycles. The normalized spacial score (nSPS) is 14.6. The highest BCUT2D eigenvalue weighted by Gasteiger charge is 2.23. The quantitative estimate of drug-likeness (QED) is 0.573. The standard InChI is InChI=1S/C9H12BNO3/c1-11-5-6-14-9-7(10(12)13)3-2-4-8(9)11/h2-4,12-13H,5-6H2,1H3. The molecule has 2 N–H and O–H groups in total. The van der Waals surface area contributed by atoms with Gasteiger partial charge in [-0.15, -0.1) is 0 Å². The lowest BCUT2D eigenvalue weighted by Crippen LogP contribution is -2.37. The van der Waals surface area contributed by atoms with E-state index in [0.29, 0.717) is 17.8 Å². The zero-order chi connectivity index (χ0) is 10.1. The van der Waals surface area contributed by atoms with E-state index in [1.807, 2.05) is 18.0 Å². The largest absolute Gasteiger partial charge is 0.492 e. The smallest absolute Gasteiger partial charge is 0.490 e. The van der Waals surface area contributed by atoms with Gasteiger partial charge >= 0.3 is 7.12 Å². The number of benzene rings is 1. The van der Waals surface area contributed by atoms with Gasteiger partial charge in [0.2, 0.25) is 0 Å². The van der Waals surface area contributed by atoms with E-state index in [-0.39, 0.29) is 0 Å². The number of rotatable bonds is 1. The summed E-state index contributed by atoms with van der Waals surface area (Å²) in [5, 5.41) is 18.2. The Balaban J connectivity index is 2.49. The average Bonchev–Trinajstić information content (AvgIpc) is 2.17. The van der Waals surface area contributed by atoms with E-state index >= 15 is 0 Å². The van der Waals surface area contributed by atoms with E-state index in [9.17, 15) is 0 Å². The summed E-state index contributed by atoms with van der Waals surface area (Å²) < 4.78 is 5.42. The first-order valence-corrected chi connectivity index (χ1v) is 4.53. The maximum absolute atomic E-state index is 9.12. The van der Waals surface area contributed by atoms with Gasteiger partial charge in [0.25, 0.3) is 0 Å². The van der Waals surface area contributed by atoms with E-state index in [0.717, 1.165) is 12.2 Å². The maximum atomic E-state index is 9.12. The first-order valence-electron chi connectivity index (χ1n) is 4.53. The summed E-state index contributed by atoms with van der Waals surface area (Å²) in [7, 11) is 0.478. The van der Waals surface area contributed by atoms with Crippen molar-refractivity contribution in [3.63, 3.8) is 0 Å². The fourth-order valence-corrected chi connectivity index (χ4v) is 1.61. The average molecular weight is 193 g/mol. The number of ether oxygens (including phenoxy) is 1. The molecule has 0 aromatic heterocycles. The number of hydrogen-bond acceptors (Lipinski definition) is 4. The van der Waals surface area contributed by atoms with Gasteiger partial charge in [-0.25, -0.2) is 0 Å². The second-order valence-electron chi connectivity index (χ2n) is 3.34. The Morgan fingerprint density at radius 1 is 1.43 bits per heavy atom. The van der Waals surface area contributed by atoms with Crippen LogP contribution in [0, 0.1) is 0 Å². The molecule has 14 heavy (non-hydrogen) atoms. The van der Waals surface area contributed by atoms with E-state index in [1.165, 1.54) is 0 Å². The molecule has 1 aromatic rings. The molecule has 0 amide bonds. The number of fused-ring (bicyclic) bond motifs is 1. The number of para-hydroxylation sites is 1. The van der Waals surface area contributed by atoms with Crippen LogP contribution >= 0.6 is 0 Å². The van der Waals surface area contributed by atoms with Crippen LogP contribution < -0.4 is 15.1 Å². The van der Waals surface area contributed by atoms with Crippen molar-refractivity contribution < 1.29 is 14.8 Å². The van der Waals surface area contributed by atoms with Crippen LogP contribution in [0.1, 0.15) is 0 Å². The summed E-state index contributed by atoms with van der Waals surface area (Å²) >= 11 is 0. The van der Waals surface area contributed by atoms with Crippen molar-refractivity contribution in [3.05, 3.63) is 18.2 Å². The molecule has 0 atom stereocenters. The second kappa shape index (κ2) is 3.51. The van der Waals surface area contributed by atoms with Crippen molar-refractivity contribution in [3.8, 4) is 5.75 Å². The Hall–Kier alpha value is -1.20. The van der Waals surface area contributed by atoms with Crippen LogP contribution in [-0.4, -0.2) is 37.4 Å². The maximum Gasteiger partial charge on any atom is 0.492 e. The fraction of sp³-hybridized carbons (Fsp3) is 0.333. The Kier molecular flexibility index (Phi) is 2.35. The highest BCUT2D eigenvalue weighted by atomic mass is 16.5. The first-order chi connectivity index (χ1) is 6.70. The summed E-state index contributed by atoms with van der Waals surface area (Å²) in [6.07, 6.45) is 0. The minimum absolute atomic E-state index is 0.425. The molecular formula is C9H12BNO3. The van der Waals surface area contributed by atoms with Crippen LogP contribution in [0.3, 0.4) is 0 Å². The van der Waals surface area contributed by atoms with Crippen molar-refractivity contribution in [2.75, 3.05) is 25.1 Å². The molecule has 4 nitrogen and oxygen atoms in total. The lowest BCUT2D eigenvalue weighted by Gasteiger charge is -2.29. The van der Waals surface area contributed by atoms with Crippen LogP contribution in [0.15, 0.2) is 18.2 Å². The number of anilines is 1. The predicted molar refractivity (Wildman–Crippen MR) is 55.0 cm³/mol. The van der Waals surface area contributed by atoms with Crippen LogP contribution in [-0.2, 0) is 0 Å². The summed E-state index contributed by atoms with van der Waals surface area (Å²) in [6.45, 7) is 1.39. The van der Waals surface area contributed by atoms with Gasteiger partial charge in [0, 0.05) is 12.5 Å². The number of nitrogens with zero attached hydrogens (tertiary/aromatic N) is 1. The molecule has 0 bridgehead atoms. The molecule has 0 aliphatic carbocycles. The van der Waals surface area contributed by atoms with E-state index in [2.05, 4.69) is 0 Å². The van der Waals surface area contributed by atoms with Crippen molar-refractivity contribution in [1.82, 2.24) is 0 Å². The second-order valence-corrected chi connectivity index (χ2v) is 3.34. The fourth-order valence-electron chi connectivity index (χ4n) is 1.61. The van der Waals surface area contributed by atoms with Crippen molar-refractivity contribution in [2.24, 2.45) is 0 Å². The number of hydrogen-bond donors (Lipinski definition) is 2. The topological polar surface area (TPSA) is 52.9 Å². The van der Waals surface area contributed by atoms with Gasteiger partial charge in [-0.2, -0.15) is 0 Å². The van der Waals surface area contributed by atoms with Gasteiger partial charge in [0.05, 0.1) is 12.2 Å². The van der Waals surface area contributed by atoms with Crippen LogP contribution in [0.5, 0.6) is 5.75 Å². The molecule has 0 fully saturated rings. The Bertz CT molecular complexity index is 329. The molecule has 0 unspecified atom stereocenters. The van der Waals surface area contributed by atoms with Gasteiger partial charge in [0.15, 0.2) is 0 Å². The van der Waals surface area contributed by atoms with Gasteiger partial charge in [-0.3, -0.25) is 0 Å². The van der Waals surface area contributed by atoms with Crippen molar-refractivity contribution in [1.29, 1.82) is 0 Å². The molecule has 0 saturated carbocycles. The highest BCUT2D eigenvalue weighted by molar-refractivity contribution is 6.60. The highest BCUT2D eigenvalue weighted by Crippen LogP contribution is 2.28. The third-order valence-electron chi connectivity index (χ3n) is 2.39. The molecule has 2 rings (SSSR count). The van der Waals surface area contributed by atoms with Gasteiger partial charge in [0.1, 0.15) is 12.4 Å². The molecule has 5 heteroatoms. The molecular weight excluding hydrogens is 181 g/mol. The third-order valence-corrected chi connectivity index (χ3v) is 2.39. The third kappa shape index (κ3) is 1.45. The number of likely N-dealkylation sites (N-methyl/N-ethyl adjacent to an activating group) is 1.